The molecular weight excluding hydrogens is 444 g/mol. The Bertz CT molecular complexity index is 1280. The molecule has 1 aromatic heterocycles. The number of ether oxygens (including phenoxy) is 2. The van der Waals surface area contributed by atoms with E-state index in [1.165, 1.54) is 60.4 Å². The molecule has 2 bridgehead atoms. The van der Waals surface area contributed by atoms with Crippen LogP contribution in [-0.4, -0.2) is 42.0 Å². The third kappa shape index (κ3) is 3.01. The van der Waals surface area contributed by atoms with Gasteiger partial charge in [-0.15, -0.1) is 0 Å². The first-order valence-electron chi connectivity index (χ1n) is 14.3. The van der Waals surface area contributed by atoms with Crippen molar-refractivity contribution in [3.8, 4) is 0 Å². The zero-order valence-corrected chi connectivity index (χ0v) is 21.5. The summed E-state index contributed by atoms with van der Waals surface area (Å²) in [4.78, 5) is 4.39. The highest BCUT2D eigenvalue weighted by Gasteiger charge is 2.66. The Morgan fingerprint density at radius 1 is 1.08 bits per heavy atom. The Morgan fingerprint density at radius 3 is 2.92 bits per heavy atom. The van der Waals surface area contributed by atoms with E-state index in [1.807, 2.05) is 12.4 Å². The van der Waals surface area contributed by atoms with Crippen LogP contribution in [0.4, 0.5) is 0 Å². The molecule has 3 aliphatic carbocycles. The van der Waals surface area contributed by atoms with Crippen molar-refractivity contribution in [3.05, 3.63) is 65.5 Å². The van der Waals surface area contributed by atoms with Gasteiger partial charge in [0.05, 0.1) is 24.4 Å². The van der Waals surface area contributed by atoms with Crippen LogP contribution in [0.2, 0.25) is 0 Å². The molecule has 4 heterocycles. The van der Waals surface area contributed by atoms with Crippen molar-refractivity contribution in [2.24, 2.45) is 17.3 Å². The Morgan fingerprint density at radius 2 is 2.03 bits per heavy atom. The minimum atomic E-state index is -0.0760. The summed E-state index contributed by atoms with van der Waals surface area (Å²) >= 11 is 0. The maximum atomic E-state index is 7.48. The molecule has 0 unspecified atom stereocenters. The van der Waals surface area contributed by atoms with Crippen molar-refractivity contribution >= 4 is 10.8 Å². The van der Waals surface area contributed by atoms with E-state index < -0.39 is 0 Å². The van der Waals surface area contributed by atoms with Crippen molar-refractivity contribution in [1.82, 2.24) is 10.3 Å². The van der Waals surface area contributed by atoms with Gasteiger partial charge in [0, 0.05) is 36.3 Å². The summed E-state index contributed by atoms with van der Waals surface area (Å²) in [5.41, 5.74) is 4.74. The molecule has 4 nitrogen and oxygen atoms in total. The molecule has 36 heavy (non-hydrogen) atoms. The molecule has 8 rings (SSSR count). The quantitative estimate of drug-likeness (QED) is 0.573. The average Bonchev–Trinajstić information content (AvgIpc) is 3.38. The molecule has 4 fully saturated rings. The van der Waals surface area contributed by atoms with E-state index >= 15 is 0 Å². The normalized spacial score (nSPS) is 41.2. The maximum absolute atomic E-state index is 7.48. The molecule has 1 aromatic carbocycles. The largest absolute Gasteiger partial charge is 0.381 e. The lowest BCUT2D eigenvalue weighted by molar-refractivity contribution is -0.136. The summed E-state index contributed by atoms with van der Waals surface area (Å²) in [7, 11) is 0. The smallest absolute Gasteiger partial charge is 0.0974 e. The number of hydrogen-bond donors (Lipinski definition) is 1. The molecule has 0 amide bonds. The van der Waals surface area contributed by atoms with Crippen LogP contribution in [-0.2, 0) is 9.47 Å². The fraction of sp³-hybridized carbons (Fsp3) is 0.594. The van der Waals surface area contributed by atoms with Gasteiger partial charge in [0.2, 0.25) is 0 Å². The summed E-state index contributed by atoms with van der Waals surface area (Å²) in [5.74, 6) is 1.88. The molecule has 2 spiro atoms. The van der Waals surface area contributed by atoms with Gasteiger partial charge in [0.1, 0.15) is 0 Å². The number of fused-ring (bicyclic) bond motifs is 2. The number of pyridine rings is 1. The number of benzene rings is 1. The lowest BCUT2D eigenvalue weighted by Gasteiger charge is -2.54. The van der Waals surface area contributed by atoms with Crippen molar-refractivity contribution in [1.29, 1.82) is 0 Å². The number of allylic oxidation sites excluding steroid dienone is 1. The van der Waals surface area contributed by atoms with E-state index in [0.717, 1.165) is 32.6 Å². The molecule has 3 aliphatic heterocycles. The SMILES string of the molecule is C[C@]12CC=C3C=C4CC[C@@H](NCC5COC5)C[C@]45CC[C@]3(O5)[C@@H]1CC[C@@H]2c1ccc2ccncc2c1. The molecular formula is C32H38N2O2. The van der Waals surface area contributed by atoms with Crippen LogP contribution in [0.1, 0.15) is 69.8 Å². The molecule has 6 atom stereocenters. The summed E-state index contributed by atoms with van der Waals surface area (Å²) in [6, 6.07) is 9.79. The number of aromatic nitrogens is 1. The van der Waals surface area contributed by atoms with Gasteiger partial charge in [-0.3, -0.25) is 4.98 Å². The highest BCUT2D eigenvalue weighted by molar-refractivity contribution is 5.82. The minimum absolute atomic E-state index is 0.0334. The van der Waals surface area contributed by atoms with Crippen molar-refractivity contribution in [2.45, 2.75) is 81.5 Å². The third-order valence-corrected chi connectivity index (χ3v) is 11.1. The van der Waals surface area contributed by atoms with E-state index in [2.05, 4.69) is 53.6 Å². The molecule has 2 aromatic rings. The predicted molar refractivity (Wildman–Crippen MR) is 142 cm³/mol. The predicted octanol–water partition coefficient (Wildman–Crippen LogP) is 6.08. The summed E-state index contributed by atoms with van der Waals surface area (Å²) in [6.07, 6.45) is 18.8. The lowest BCUT2D eigenvalue weighted by atomic mass is 9.58. The fourth-order valence-corrected chi connectivity index (χ4v) is 9.19. The first kappa shape index (κ1) is 22.0. The third-order valence-electron chi connectivity index (χ3n) is 11.1. The topological polar surface area (TPSA) is 43.4 Å². The van der Waals surface area contributed by atoms with E-state index in [0.29, 0.717) is 23.8 Å². The van der Waals surface area contributed by atoms with Crippen LogP contribution >= 0.6 is 0 Å². The molecule has 2 saturated carbocycles. The summed E-state index contributed by atoms with van der Waals surface area (Å²) in [6.45, 7) is 5.53. The maximum Gasteiger partial charge on any atom is 0.0974 e. The monoisotopic (exact) mass is 482 g/mol. The fourth-order valence-electron chi connectivity index (χ4n) is 9.19. The van der Waals surface area contributed by atoms with Crippen LogP contribution in [0.3, 0.4) is 0 Å². The molecule has 0 radical (unpaired) electrons. The first-order valence-corrected chi connectivity index (χ1v) is 14.3. The molecule has 4 heteroatoms. The second kappa shape index (κ2) is 7.75. The van der Waals surface area contributed by atoms with Gasteiger partial charge >= 0.3 is 0 Å². The number of rotatable bonds is 4. The summed E-state index contributed by atoms with van der Waals surface area (Å²) in [5, 5.41) is 6.45. The second-order valence-electron chi connectivity index (χ2n) is 12.9. The van der Waals surface area contributed by atoms with Gasteiger partial charge in [-0.05, 0) is 103 Å². The highest BCUT2D eigenvalue weighted by Crippen LogP contribution is 2.69. The van der Waals surface area contributed by atoms with E-state index in [-0.39, 0.29) is 16.6 Å². The van der Waals surface area contributed by atoms with E-state index in [4.69, 9.17) is 9.47 Å². The summed E-state index contributed by atoms with van der Waals surface area (Å²) < 4.78 is 12.9. The van der Waals surface area contributed by atoms with Crippen molar-refractivity contribution in [3.63, 3.8) is 0 Å². The van der Waals surface area contributed by atoms with Crippen LogP contribution in [0.5, 0.6) is 0 Å². The van der Waals surface area contributed by atoms with E-state index in [9.17, 15) is 0 Å². The highest BCUT2D eigenvalue weighted by atomic mass is 16.5. The number of nitrogens with one attached hydrogen (secondary N) is 1. The molecule has 188 valence electrons. The number of hydrogen-bond acceptors (Lipinski definition) is 4. The standard InChI is InChI=1S/C32H38N2O2/c1-30-10-8-26-15-25-4-5-27(34-17-21-19-35-20-21)16-31(25)11-12-32(26,36-31)29(30)7-6-28(30)23-3-2-22-9-13-33-18-24(22)14-23/h2-3,8-9,13-15,18,21,27-29,34H,4-7,10-12,16-17,19-20H2,1H3/t27-,28-,29-,30-,31-,32-/m1/s1. The van der Waals surface area contributed by atoms with Gasteiger partial charge < -0.3 is 14.8 Å². The zero-order chi connectivity index (χ0) is 24.0. The van der Waals surface area contributed by atoms with Crippen LogP contribution in [0.15, 0.2) is 60.0 Å². The van der Waals surface area contributed by atoms with Gasteiger partial charge in [0.25, 0.3) is 0 Å². The van der Waals surface area contributed by atoms with Gasteiger partial charge in [0.15, 0.2) is 0 Å². The van der Waals surface area contributed by atoms with Crippen LogP contribution < -0.4 is 5.32 Å². The average molecular weight is 483 g/mol. The Balaban J connectivity index is 1.10. The number of nitrogens with zero attached hydrogens (tertiary/aromatic N) is 1. The Labute approximate surface area is 214 Å². The lowest BCUT2D eigenvalue weighted by Crippen LogP contribution is -2.55. The van der Waals surface area contributed by atoms with Crippen LogP contribution in [0.25, 0.3) is 10.8 Å². The Kier molecular flexibility index (Phi) is 4.74. The Hall–Kier alpha value is -2.01. The van der Waals surface area contributed by atoms with Crippen molar-refractivity contribution in [2.75, 3.05) is 19.8 Å². The molecule has 1 N–H and O–H groups in total. The molecule has 6 aliphatic rings. The van der Waals surface area contributed by atoms with E-state index in [1.54, 1.807) is 5.57 Å². The minimum Gasteiger partial charge on any atom is -0.381 e. The van der Waals surface area contributed by atoms with Gasteiger partial charge in [-0.2, -0.15) is 0 Å². The van der Waals surface area contributed by atoms with Gasteiger partial charge in [-0.25, -0.2) is 0 Å². The first-order chi connectivity index (χ1) is 17.6. The van der Waals surface area contributed by atoms with Crippen LogP contribution in [0, 0.1) is 17.3 Å². The van der Waals surface area contributed by atoms with Gasteiger partial charge in [-0.1, -0.05) is 31.2 Å². The van der Waals surface area contributed by atoms with Crippen molar-refractivity contribution < 1.29 is 9.47 Å². The molecule has 2 saturated heterocycles. The zero-order valence-electron chi connectivity index (χ0n) is 21.5. The second-order valence-corrected chi connectivity index (χ2v) is 12.9.